The number of aromatic carboxylic acids is 1. The van der Waals surface area contributed by atoms with Gasteiger partial charge in [-0.3, -0.25) is 9.55 Å². The van der Waals surface area contributed by atoms with E-state index in [-0.39, 0.29) is 5.69 Å². The van der Waals surface area contributed by atoms with Gasteiger partial charge in [0.15, 0.2) is 5.69 Å². The lowest BCUT2D eigenvalue weighted by atomic mass is 10.1. The van der Waals surface area contributed by atoms with Crippen LogP contribution in [0.1, 0.15) is 10.5 Å². The summed E-state index contributed by atoms with van der Waals surface area (Å²) in [5.74, 6) is -1.17. The summed E-state index contributed by atoms with van der Waals surface area (Å²) in [6.45, 7) is 0. The van der Waals surface area contributed by atoms with Gasteiger partial charge in [-0.15, -0.1) is 0 Å². The molecule has 2 rings (SSSR count). The summed E-state index contributed by atoms with van der Waals surface area (Å²) in [5, 5.41) is 9.56. The van der Waals surface area contributed by atoms with E-state index in [1.165, 1.54) is 11.6 Å². The number of aromatic nitrogens is 2. The predicted molar refractivity (Wildman–Crippen MR) is 63.4 cm³/mol. The van der Waals surface area contributed by atoms with Crippen molar-refractivity contribution >= 4 is 17.6 Å². The molecule has 0 saturated heterocycles. The average molecular weight is 253 g/mol. The van der Waals surface area contributed by atoms with Crippen molar-refractivity contribution in [3.05, 3.63) is 45.5 Å². The van der Waals surface area contributed by atoms with Crippen LogP contribution in [0.25, 0.3) is 11.3 Å². The van der Waals surface area contributed by atoms with E-state index in [1.54, 1.807) is 24.3 Å². The Morgan fingerprint density at radius 2 is 1.94 bits per heavy atom. The van der Waals surface area contributed by atoms with E-state index in [4.69, 9.17) is 16.7 Å². The van der Waals surface area contributed by atoms with Crippen molar-refractivity contribution in [3.63, 3.8) is 0 Å². The molecule has 88 valence electrons. The lowest BCUT2D eigenvalue weighted by molar-refractivity contribution is 0.0691. The monoisotopic (exact) mass is 252 g/mol. The third-order valence-corrected chi connectivity index (χ3v) is 2.69. The van der Waals surface area contributed by atoms with Crippen LogP contribution in [0.15, 0.2) is 29.1 Å². The van der Waals surface area contributed by atoms with Gasteiger partial charge in [-0.2, -0.15) is 0 Å². The Balaban J connectivity index is 2.69. The molecule has 0 spiro atoms. The number of benzene rings is 1. The Kier molecular flexibility index (Phi) is 2.77. The van der Waals surface area contributed by atoms with Crippen molar-refractivity contribution in [1.82, 2.24) is 9.55 Å². The van der Waals surface area contributed by atoms with E-state index in [2.05, 4.69) is 4.98 Å². The highest BCUT2D eigenvalue weighted by molar-refractivity contribution is 6.30. The third kappa shape index (κ3) is 1.97. The van der Waals surface area contributed by atoms with Gasteiger partial charge >= 0.3 is 11.7 Å². The summed E-state index contributed by atoms with van der Waals surface area (Å²) < 4.78 is 1.26. The van der Waals surface area contributed by atoms with Crippen molar-refractivity contribution < 1.29 is 9.90 Å². The topological polar surface area (TPSA) is 75.1 Å². The minimum Gasteiger partial charge on any atom is -0.477 e. The van der Waals surface area contributed by atoms with Crippen LogP contribution in [0.3, 0.4) is 0 Å². The molecule has 0 aliphatic rings. The summed E-state index contributed by atoms with van der Waals surface area (Å²) >= 11 is 5.75. The Morgan fingerprint density at radius 1 is 1.35 bits per heavy atom. The molecule has 0 atom stereocenters. The first-order valence-electron chi connectivity index (χ1n) is 4.79. The lowest BCUT2D eigenvalue weighted by Gasteiger charge is -2.03. The Bertz CT molecular complexity index is 625. The molecule has 0 aliphatic heterocycles. The van der Waals surface area contributed by atoms with Gasteiger partial charge < -0.3 is 5.11 Å². The first-order chi connectivity index (χ1) is 8.00. The molecule has 1 aromatic carbocycles. The first kappa shape index (κ1) is 11.5. The fourth-order valence-electron chi connectivity index (χ4n) is 1.62. The SMILES string of the molecule is Cn1c(-c2ccc(Cl)cc2)c(C(=O)O)[nH]c1=O. The standard InChI is InChI=1S/C11H9ClN2O3/c1-14-9(6-2-4-7(12)5-3-6)8(10(15)16)13-11(14)17/h2-5H,1H3,(H,13,17)(H,15,16). The lowest BCUT2D eigenvalue weighted by Crippen LogP contribution is -2.13. The van der Waals surface area contributed by atoms with Gasteiger partial charge in [0.25, 0.3) is 0 Å². The second-order valence-corrected chi connectivity index (χ2v) is 3.96. The normalized spacial score (nSPS) is 10.5. The highest BCUT2D eigenvalue weighted by atomic mass is 35.5. The smallest absolute Gasteiger partial charge is 0.354 e. The van der Waals surface area contributed by atoms with Crippen molar-refractivity contribution in [2.75, 3.05) is 0 Å². The second kappa shape index (κ2) is 4.10. The molecular formula is C11H9ClN2O3. The van der Waals surface area contributed by atoms with E-state index < -0.39 is 11.7 Å². The highest BCUT2D eigenvalue weighted by Crippen LogP contribution is 2.22. The van der Waals surface area contributed by atoms with Gasteiger partial charge in [0, 0.05) is 17.6 Å². The molecule has 1 aromatic heterocycles. The Morgan fingerprint density at radius 3 is 2.47 bits per heavy atom. The van der Waals surface area contributed by atoms with E-state index in [0.717, 1.165) is 0 Å². The maximum absolute atomic E-state index is 11.4. The zero-order valence-electron chi connectivity index (χ0n) is 8.90. The van der Waals surface area contributed by atoms with Crippen LogP contribution < -0.4 is 5.69 Å². The largest absolute Gasteiger partial charge is 0.477 e. The second-order valence-electron chi connectivity index (χ2n) is 3.52. The van der Waals surface area contributed by atoms with Crippen molar-refractivity contribution in [2.45, 2.75) is 0 Å². The number of carboxylic acids is 1. The van der Waals surface area contributed by atoms with Crippen LogP contribution in [-0.4, -0.2) is 20.6 Å². The molecule has 0 aliphatic carbocycles. The maximum Gasteiger partial charge on any atom is 0.354 e. The molecular weight excluding hydrogens is 244 g/mol. The minimum absolute atomic E-state index is 0.125. The predicted octanol–water partition coefficient (Wildman–Crippen LogP) is 1.73. The zero-order chi connectivity index (χ0) is 12.6. The molecule has 1 heterocycles. The number of rotatable bonds is 2. The van der Waals surface area contributed by atoms with E-state index >= 15 is 0 Å². The summed E-state index contributed by atoms with van der Waals surface area (Å²) in [6.07, 6.45) is 0. The summed E-state index contributed by atoms with van der Waals surface area (Å²) in [6, 6.07) is 6.61. The number of carboxylic acid groups (broad SMARTS) is 1. The van der Waals surface area contributed by atoms with Gasteiger partial charge in [0.2, 0.25) is 0 Å². The van der Waals surface area contributed by atoms with Crippen LogP contribution in [0, 0.1) is 0 Å². The zero-order valence-corrected chi connectivity index (χ0v) is 9.65. The molecule has 5 nitrogen and oxygen atoms in total. The third-order valence-electron chi connectivity index (χ3n) is 2.44. The van der Waals surface area contributed by atoms with Crippen molar-refractivity contribution in [3.8, 4) is 11.3 Å². The van der Waals surface area contributed by atoms with Gasteiger partial charge in [-0.25, -0.2) is 9.59 Å². The molecule has 2 N–H and O–H groups in total. The van der Waals surface area contributed by atoms with E-state index in [0.29, 0.717) is 16.3 Å². The van der Waals surface area contributed by atoms with Gasteiger partial charge in [0.05, 0.1) is 5.69 Å². The number of halogens is 1. The molecule has 17 heavy (non-hydrogen) atoms. The van der Waals surface area contributed by atoms with Gasteiger partial charge in [-0.05, 0) is 12.1 Å². The quantitative estimate of drug-likeness (QED) is 0.855. The maximum atomic E-state index is 11.4. The fourth-order valence-corrected chi connectivity index (χ4v) is 1.75. The molecule has 0 amide bonds. The van der Waals surface area contributed by atoms with Gasteiger partial charge in [0.1, 0.15) is 0 Å². The summed E-state index contributed by atoms with van der Waals surface area (Å²) in [7, 11) is 1.51. The van der Waals surface area contributed by atoms with Crippen LogP contribution in [0.2, 0.25) is 5.02 Å². The summed E-state index contributed by atoms with van der Waals surface area (Å²) in [5.41, 5.74) is 0.360. The molecule has 0 bridgehead atoms. The Hall–Kier alpha value is -2.01. The number of hydrogen-bond acceptors (Lipinski definition) is 2. The first-order valence-corrected chi connectivity index (χ1v) is 5.16. The molecule has 6 heteroatoms. The number of imidazole rings is 1. The molecule has 0 radical (unpaired) electrons. The summed E-state index contributed by atoms with van der Waals surface area (Å²) in [4.78, 5) is 24.7. The highest BCUT2D eigenvalue weighted by Gasteiger charge is 2.18. The van der Waals surface area contributed by atoms with Crippen LogP contribution >= 0.6 is 11.6 Å². The van der Waals surface area contributed by atoms with Crippen molar-refractivity contribution in [1.29, 1.82) is 0 Å². The minimum atomic E-state index is -1.17. The molecule has 0 fully saturated rings. The van der Waals surface area contributed by atoms with E-state index in [9.17, 15) is 9.59 Å². The fraction of sp³-hybridized carbons (Fsp3) is 0.0909. The number of H-pyrrole nitrogens is 1. The molecule has 0 saturated carbocycles. The van der Waals surface area contributed by atoms with Crippen LogP contribution in [-0.2, 0) is 7.05 Å². The number of nitrogens with one attached hydrogen (secondary N) is 1. The van der Waals surface area contributed by atoms with Crippen molar-refractivity contribution in [2.24, 2.45) is 7.05 Å². The molecule has 0 unspecified atom stereocenters. The number of carbonyl (C=O) groups is 1. The van der Waals surface area contributed by atoms with Crippen LogP contribution in [0.5, 0.6) is 0 Å². The number of nitrogens with zero attached hydrogens (tertiary/aromatic N) is 1. The number of aromatic amines is 1. The number of hydrogen-bond donors (Lipinski definition) is 2. The molecule has 2 aromatic rings. The van der Waals surface area contributed by atoms with Gasteiger partial charge in [-0.1, -0.05) is 23.7 Å². The Labute approximate surface area is 101 Å². The average Bonchev–Trinajstić information content (AvgIpc) is 2.57. The van der Waals surface area contributed by atoms with E-state index in [1.807, 2.05) is 0 Å². The van der Waals surface area contributed by atoms with Crippen LogP contribution in [0.4, 0.5) is 0 Å².